The fourth-order valence-electron chi connectivity index (χ4n) is 1.91. The summed E-state index contributed by atoms with van der Waals surface area (Å²) in [4.78, 5) is 23.5. The lowest BCUT2D eigenvalue weighted by Gasteiger charge is -2.19. The number of amides is 1. The van der Waals surface area contributed by atoms with Crippen molar-refractivity contribution >= 4 is 23.2 Å². The van der Waals surface area contributed by atoms with Crippen LogP contribution in [0.2, 0.25) is 5.02 Å². The average Bonchev–Trinajstić information content (AvgIpc) is 2.39. The molecule has 1 aromatic heterocycles. The molecule has 5 nitrogen and oxygen atoms in total. The van der Waals surface area contributed by atoms with Gasteiger partial charge >= 0.3 is 0 Å². The van der Waals surface area contributed by atoms with Gasteiger partial charge in [-0.05, 0) is 30.7 Å². The van der Waals surface area contributed by atoms with Gasteiger partial charge in [0.15, 0.2) is 0 Å². The fraction of sp³-hybridized carbons (Fsp3) is 0.312. The van der Waals surface area contributed by atoms with E-state index < -0.39 is 5.41 Å². The molecule has 2 N–H and O–H groups in total. The van der Waals surface area contributed by atoms with Gasteiger partial charge in [0.1, 0.15) is 0 Å². The van der Waals surface area contributed by atoms with Gasteiger partial charge < -0.3 is 5.32 Å². The molecule has 6 heteroatoms. The maximum absolute atomic E-state index is 12.2. The molecule has 0 atom stereocenters. The molecule has 0 saturated heterocycles. The average molecular weight is 320 g/mol. The SMILES string of the molecule is Cc1cc(=O)[nH]nc1-c1ccc(Cl)cc1NC(=O)C(C)(C)C. The third-order valence-corrected chi connectivity index (χ3v) is 3.40. The van der Waals surface area contributed by atoms with E-state index in [2.05, 4.69) is 15.5 Å². The molecule has 0 saturated carbocycles. The number of aromatic nitrogens is 2. The van der Waals surface area contributed by atoms with Gasteiger partial charge in [-0.15, -0.1) is 0 Å². The van der Waals surface area contributed by atoms with Crippen molar-refractivity contribution in [2.24, 2.45) is 5.41 Å². The van der Waals surface area contributed by atoms with E-state index in [9.17, 15) is 9.59 Å². The van der Waals surface area contributed by atoms with E-state index in [1.807, 2.05) is 20.8 Å². The van der Waals surface area contributed by atoms with E-state index >= 15 is 0 Å². The van der Waals surface area contributed by atoms with Gasteiger partial charge in [-0.1, -0.05) is 32.4 Å². The number of carbonyl (C=O) groups excluding carboxylic acids is 1. The Morgan fingerprint density at radius 3 is 2.55 bits per heavy atom. The molecule has 1 amide bonds. The van der Waals surface area contributed by atoms with Crippen LogP contribution in [0.3, 0.4) is 0 Å². The molecule has 0 bridgehead atoms. The Morgan fingerprint density at radius 1 is 1.27 bits per heavy atom. The first-order valence-electron chi connectivity index (χ1n) is 6.86. The van der Waals surface area contributed by atoms with Crippen molar-refractivity contribution in [1.82, 2.24) is 10.2 Å². The third kappa shape index (κ3) is 3.54. The largest absolute Gasteiger partial charge is 0.325 e. The van der Waals surface area contributed by atoms with Gasteiger partial charge in [0.25, 0.3) is 5.56 Å². The van der Waals surface area contributed by atoms with E-state index in [4.69, 9.17) is 11.6 Å². The zero-order valence-electron chi connectivity index (χ0n) is 13.0. The quantitative estimate of drug-likeness (QED) is 0.891. The minimum atomic E-state index is -0.535. The van der Waals surface area contributed by atoms with Gasteiger partial charge in [-0.25, -0.2) is 5.10 Å². The standard InChI is InChI=1S/C16H18ClN3O2/c1-9-7-13(21)19-20-14(9)11-6-5-10(17)8-12(11)18-15(22)16(2,3)4/h5-8H,1-4H3,(H,18,22)(H,19,21). The Morgan fingerprint density at radius 2 is 1.95 bits per heavy atom. The van der Waals surface area contributed by atoms with Gasteiger partial charge in [-0.3, -0.25) is 9.59 Å². The highest BCUT2D eigenvalue weighted by atomic mass is 35.5. The predicted molar refractivity (Wildman–Crippen MR) is 88.1 cm³/mol. The summed E-state index contributed by atoms with van der Waals surface area (Å²) in [5.41, 5.74) is 1.78. The molecule has 22 heavy (non-hydrogen) atoms. The lowest BCUT2D eigenvalue weighted by Crippen LogP contribution is -2.28. The van der Waals surface area contributed by atoms with E-state index in [-0.39, 0.29) is 11.5 Å². The van der Waals surface area contributed by atoms with Crippen LogP contribution in [0.25, 0.3) is 11.3 Å². The molecule has 1 heterocycles. The van der Waals surface area contributed by atoms with Crippen molar-refractivity contribution in [2.45, 2.75) is 27.7 Å². The van der Waals surface area contributed by atoms with E-state index in [1.54, 1.807) is 25.1 Å². The molecule has 0 radical (unpaired) electrons. The highest BCUT2D eigenvalue weighted by Gasteiger charge is 2.23. The van der Waals surface area contributed by atoms with Crippen molar-refractivity contribution in [2.75, 3.05) is 5.32 Å². The number of benzene rings is 1. The molecule has 2 rings (SSSR count). The minimum Gasteiger partial charge on any atom is -0.325 e. The Kier molecular flexibility index (Phi) is 4.37. The van der Waals surface area contributed by atoms with E-state index in [0.717, 1.165) is 5.56 Å². The lowest BCUT2D eigenvalue weighted by atomic mass is 9.95. The first-order valence-corrected chi connectivity index (χ1v) is 7.24. The number of aryl methyl sites for hydroxylation is 1. The normalized spacial score (nSPS) is 11.3. The van der Waals surface area contributed by atoms with E-state index in [0.29, 0.717) is 22.0 Å². The molecular formula is C16H18ClN3O2. The molecular weight excluding hydrogens is 302 g/mol. The van der Waals surface area contributed by atoms with Crippen LogP contribution in [0.4, 0.5) is 5.69 Å². The zero-order valence-corrected chi connectivity index (χ0v) is 13.7. The molecule has 0 unspecified atom stereocenters. The number of hydrogen-bond donors (Lipinski definition) is 2. The van der Waals surface area contributed by atoms with Crippen LogP contribution in [0, 0.1) is 12.3 Å². The van der Waals surface area contributed by atoms with Crippen molar-refractivity contribution in [3.63, 3.8) is 0 Å². The van der Waals surface area contributed by atoms with Gasteiger partial charge in [0.2, 0.25) is 5.91 Å². The van der Waals surface area contributed by atoms with Crippen LogP contribution in [-0.2, 0) is 4.79 Å². The van der Waals surface area contributed by atoms with Crippen molar-refractivity contribution in [1.29, 1.82) is 0 Å². The van der Waals surface area contributed by atoms with Crippen LogP contribution in [-0.4, -0.2) is 16.1 Å². The summed E-state index contributed by atoms with van der Waals surface area (Å²) in [5.74, 6) is -0.127. The first kappa shape index (κ1) is 16.2. The number of rotatable bonds is 2. The summed E-state index contributed by atoms with van der Waals surface area (Å²) < 4.78 is 0. The molecule has 0 spiro atoms. The summed E-state index contributed by atoms with van der Waals surface area (Å²) in [6, 6.07) is 6.63. The van der Waals surface area contributed by atoms with Crippen molar-refractivity contribution < 1.29 is 4.79 Å². The molecule has 2 aromatic rings. The first-order chi connectivity index (χ1) is 10.2. The Balaban J connectivity index is 2.53. The molecule has 0 aliphatic rings. The Bertz CT molecular complexity index is 776. The van der Waals surface area contributed by atoms with Crippen LogP contribution in [0.5, 0.6) is 0 Å². The molecule has 116 valence electrons. The minimum absolute atomic E-state index is 0.127. The van der Waals surface area contributed by atoms with Crippen molar-refractivity contribution in [3.8, 4) is 11.3 Å². The second kappa shape index (κ2) is 5.93. The van der Waals surface area contributed by atoms with Crippen molar-refractivity contribution in [3.05, 3.63) is 45.2 Å². The fourth-order valence-corrected chi connectivity index (χ4v) is 2.08. The predicted octanol–water partition coefficient (Wildman–Crippen LogP) is 3.38. The maximum atomic E-state index is 12.2. The number of halogens is 1. The topological polar surface area (TPSA) is 74.8 Å². The monoisotopic (exact) mass is 319 g/mol. The third-order valence-electron chi connectivity index (χ3n) is 3.17. The highest BCUT2D eigenvalue weighted by Crippen LogP contribution is 2.31. The number of carbonyl (C=O) groups is 1. The maximum Gasteiger partial charge on any atom is 0.264 e. The zero-order chi connectivity index (χ0) is 16.5. The Hall–Kier alpha value is -2.14. The Labute approximate surface area is 133 Å². The molecule has 0 aliphatic carbocycles. The lowest BCUT2D eigenvalue weighted by molar-refractivity contribution is -0.123. The molecule has 0 fully saturated rings. The highest BCUT2D eigenvalue weighted by molar-refractivity contribution is 6.31. The van der Waals surface area contributed by atoms with E-state index in [1.165, 1.54) is 6.07 Å². The second-order valence-electron chi connectivity index (χ2n) is 6.16. The summed E-state index contributed by atoms with van der Waals surface area (Å²) in [6.07, 6.45) is 0. The van der Waals surface area contributed by atoms with Gasteiger partial charge in [0, 0.05) is 22.1 Å². The number of H-pyrrole nitrogens is 1. The molecule has 1 aromatic carbocycles. The van der Waals surface area contributed by atoms with Crippen LogP contribution in [0.1, 0.15) is 26.3 Å². The van der Waals surface area contributed by atoms with Gasteiger partial charge in [-0.2, -0.15) is 5.10 Å². The second-order valence-corrected chi connectivity index (χ2v) is 6.59. The van der Waals surface area contributed by atoms with Gasteiger partial charge in [0.05, 0.1) is 11.4 Å². The summed E-state index contributed by atoms with van der Waals surface area (Å²) in [6.45, 7) is 7.28. The number of nitrogens with zero attached hydrogens (tertiary/aromatic N) is 1. The number of hydrogen-bond acceptors (Lipinski definition) is 3. The summed E-state index contributed by atoms with van der Waals surface area (Å²) >= 11 is 6.04. The number of nitrogens with one attached hydrogen (secondary N) is 2. The number of anilines is 1. The van der Waals surface area contributed by atoms with Crippen LogP contribution >= 0.6 is 11.6 Å². The number of aromatic amines is 1. The van der Waals surface area contributed by atoms with Crippen LogP contribution < -0.4 is 10.9 Å². The smallest absolute Gasteiger partial charge is 0.264 e. The molecule has 0 aliphatic heterocycles. The summed E-state index contributed by atoms with van der Waals surface area (Å²) in [5, 5.41) is 9.87. The van der Waals surface area contributed by atoms with Crippen LogP contribution in [0.15, 0.2) is 29.1 Å². The summed E-state index contributed by atoms with van der Waals surface area (Å²) in [7, 11) is 0.